The number of carbonyl (C=O) groups is 1. The molecule has 2 aromatic carbocycles. The van der Waals surface area contributed by atoms with Gasteiger partial charge in [-0.3, -0.25) is 4.79 Å². The van der Waals surface area contributed by atoms with Crippen molar-refractivity contribution in [2.45, 2.75) is 6.42 Å². The molecule has 96 valence electrons. The van der Waals surface area contributed by atoms with Crippen LogP contribution in [0.5, 0.6) is 11.5 Å². The number of benzene rings is 2. The molecule has 19 heavy (non-hydrogen) atoms. The number of aldehydes is 1. The summed E-state index contributed by atoms with van der Waals surface area (Å²) in [5.74, 6) is 1.51. The monoisotopic (exact) mass is 254 g/mol. The molecule has 0 saturated heterocycles. The predicted octanol–water partition coefficient (Wildman–Crippen LogP) is 3.33. The van der Waals surface area contributed by atoms with E-state index in [-0.39, 0.29) is 0 Å². The summed E-state index contributed by atoms with van der Waals surface area (Å²) in [4.78, 5) is 11.1. The smallest absolute Gasteiger partial charge is 0.161 e. The van der Waals surface area contributed by atoms with E-state index in [0.29, 0.717) is 18.8 Å². The topological polar surface area (TPSA) is 35.5 Å². The fourth-order valence-corrected chi connectivity index (χ4v) is 2.19. The average molecular weight is 254 g/mol. The van der Waals surface area contributed by atoms with Gasteiger partial charge in [0.25, 0.3) is 0 Å². The van der Waals surface area contributed by atoms with E-state index in [0.717, 1.165) is 35.3 Å². The van der Waals surface area contributed by atoms with Crippen LogP contribution >= 0.6 is 0 Å². The van der Waals surface area contributed by atoms with Crippen LogP contribution < -0.4 is 9.47 Å². The molecule has 3 nitrogen and oxygen atoms in total. The van der Waals surface area contributed by atoms with Crippen molar-refractivity contribution >= 4 is 6.29 Å². The lowest BCUT2D eigenvalue weighted by molar-refractivity contribution is 0.112. The highest BCUT2D eigenvalue weighted by Gasteiger charge is 2.12. The molecule has 1 aliphatic rings. The van der Waals surface area contributed by atoms with Gasteiger partial charge in [0.2, 0.25) is 0 Å². The number of fused-ring (bicyclic) bond motifs is 1. The fourth-order valence-electron chi connectivity index (χ4n) is 2.19. The predicted molar refractivity (Wildman–Crippen MR) is 72.9 cm³/mol. The third-order valence-corrected chi connectivity index (χ3v) is 3.15. The fraction of sp³-hybridized carbons (Fsp3) is 0.188. The molecule has 1 aliphatic heterocycles. The molecule has 3 rings (SSSR count). The normalized spacial score (nSPS) is 13.7. The summed E-state index contributed by atoms with van der Waals surface area (Å²) in [6, 6.07) is 13.3. The van der Waals surface area contributed by atoms with E-state index >= 15 is 0 Å². The standard InChI is InChI=1S/C16H14O3/c17-11-13-4-1-2-5-14(13)12-6-7-15-16(10-12)19-9-3-8-18-15/h1-2,4-7,10-11H,3,8-9H2. The highest BCUT2D eigenvalue weighted by atomic mass is 16.5. The second kappa shape index (κ2) is 5.14. The van der Waals surface area contributed by atoms with E-state index in [4.69, 9.17) is 9.47 Å². The Morgan fingerprint density at radius 1 is 0.947 bits per heavy atom. The summed E-state index contributed by atoms with van der Waals surface area (Å²) >= 11 is 0. The summed E-state index contributed by atoms with van der Waals surface area (Å²) in [5, 5.41) is 0. The average Bonchev–Trinajstić information content (AvgIpc) is 2.71. The first-order valence-corrected chi connectivity index (χ1v) is 6.33. The van der Waals surface area contributed by atoms with E-state index in [2.05, 4.69) is 0 Å². The van der Waals surface area contributed by atoms with Crippen LogP contribution in [0.1, 0.15) is 16.8 Å². The molecule has 0 aromatic heterocycles. The van der Waals surface area contributed by atoms with Crippen LogP contribution in [0.15, 0.2) is 42.5 Å². The van der Waals surface area contributed by atoms with Crippen molar-refractivity contribution < 1.29 is 14.3 Å². The summed E-state index contributed by atoms with van der Waals surface area (Å²) in [5.41, 5.74) is 2.55. The number of hydrogen-bond acceptors (Lipinski definition) is 3. The van der Waals surface area contributed by atoms with Gasteiger partial charge in [-0.1, -0.05) is 30.3 Å². The van der Waals surface area contributed by atoms with E-state index < -0.39 is 0 Å². The molecule has 0 unspecified atom stereocenters. The van der Waals surface area contributed by atoms with Crippen LogP contribution in [-0.2, 0) is 0 Å². The molecule has 0 bridgehead atoms. The molecule has 2 aromatic rings. The SMILES string of the molecule is O=Cc1ccccc1-c1ccc2c(c1)OCCCO2. The summed E-state index contributed by atoms with van der Waals surface area (Å²) in [6.45, 7) is 1.34. The maximum Gasteiger partial charge on any atom is 0.161 e. The van der Waals surface area contributed by atoms with Gasteiger partial charge in [0.1, 0.15) is 0 Å². The van der Waals surface area contributed by atoms with Crippen LogP contribution in [0, 0.1) is 0 Å². The maximum atomic E-state index is 11.1. The van der Waals surface area contributed by atoms with E-state index in [1.165, 1.54) is 0 Å². The number of hydrogen-bond donors (Lipinski definition) is 0. The Morgan fingerprint density at radius 2 is 1.74 bits per heavy atom. The maximum absolute atomic E-state index is 11.1. The molecular weight excluding hydrogens is 240 g/mol. The summed E-state index contributed by atoms with van der Waals surface area (Å²) in [6.07, 6.45) is 1.76. The Balaban J connectivity index is 2.06. The molecule has 0 amide bonds. The lowest BCUT2D eigenvalue weighted by atomic mass is 10.00. The van der Waals surface area contributed by atoms with Crippen LogP contribution in [0.4, 0.5) is 0 Å². The lowest BCUT2D eigenvalue weighted by Crippen LogP contribution is -1.97. The Hall–Kier alpha value is -2.29. The zero-order valence-electron chi connectivity index (χ0n) is 10.5. The van der Waals surface area contributed by atoms with Gasteiger partial charge < -0.3 is 9.47 Å². The molecule has 0 radical (unpaired) electrons. The van der Waals surface area contributed by atoms with Gasteiger partial charge in [0.05, 0.1) is 13.2 Å². The molecule has 0 fully saturated rings. The number of ether oxygens (including phenoxy) is 2. The molecule has 0 saturated carbocycles. The van der Waals surface area contributed by atoms with Gasteiger partial charge in [-0.15, -0.1) is 0 Å². The molecule has 0 atom stereocenters. The van der Waals surface area contributed by atoms with Crippen molar-refractivity contribution in [3.8, 4) is 22.6 Å². The van der Waals surface area contributed by atoms with Crippen LogP contribution in [0.3, 0.4) is 0 Å². The first-order chi connectivity index (χ1) is 9.38. The Kier molecular flexibility index (Phi) is 3.19. The van der Waals surface area contributed by atoms with Gasteiger partial charge in [0.15, 0.2) is 17.8 Å². The Labute approximate surface area is 111 Å². The van der Waals surface area contributed by atoms with Crippen LogP contribution in [-0.4, -0.2) is 19.5 Å². The van der Waals surface area contributed by atoms with Crippen LogP contribution in [0.25, 0.3) is 11.1 Å². The minimum Gasteiger partial charge on any atom is -0.490 e. The van der Waals surface area contributed by atoms with Crippen LogP contribution in [0.2, 0.25) is 0 Å². The molecule has 3 heteroatoms. The zero-order chi connectivity index (χ0) is 13.1. The highest BCUT2D eigenvalue weighted by Crippen LogP contribution is 2.34. The minimum atomic E-state index is 0.659. The molecule has 1 heterocycles. The van der Waals surface area contributed by atoms with Crippen molar-refractivity contribution in [3.05, 3.63) is 48.0 Å². The summed E-state index contributed by atoms with van der Waals surface area (Å²) in [7, 11) is 0. The van der Waals surface area contributed by atoms with E-state index in [1.807, 2.05) is 42.5 Å². The van der Waals surface area contributed by atoms with Gasteiger partial charge >= 0.3 is 0 Å². The van der Waals surface area contributed by atoms with Crippen molar-refractivity contribution in [1.82, 2.24) is 0 Å². The second-order valence-electron chi connectivity index (χ2n) is 4.42. The van der Waals surface area contributed by atoms with E-state index in [9.17, 15) is 4.79 Å². The van der Waals surface area contributed by atoms with Crippen molar-refractivity contribution in [2.24, 2.45) is 0 Å². The lowest BCUT2D eigenvalue weighted by Gasteiger charge is -2.10. The third-order valence-electron chi connectivity index (χ3n) is 3.15. The summed E-state index contributed by atoms with van der Waals surface area (Å²) < 4.78 is 11.3. The third kappa shape index (κ3) is 2.32. The number of carbonyl (C=O) groups excluding carboxylic acids is 1. The Morgan fingerprint density at radius 3 is 2.58 bits per heavy atom. The van der Waals surface area contributed by atoms with Gasteiger partial charge in [0, 0.05) is 12.0 Å². The van der Waals surface area contributed by atoms with Gasteiger partial charge in [-0.2, -0.15) is 0 Å². The van der Waals surface area contributed by atoms with E-state index in [1.54, 1.807) is 0 Å². The Bertz CT molecular complexity index is 605. The quantitative estimate of drug-likeness (QED) is 0.771. The molecule has 0 aliphatic carbocycles. The number of rotatable bonds is 2. The highest BCUT2D eigenvalue weighted by molar-refractivity contribution is 5.87. The molecular formula is C16H14O3. The van der Waals surface area contributed by atoms with Gasteiger partial charge in [-0.25, -0.2) is 0 Å². The van der Waals surface area contributed by atoms with Crippen molar-refractivity contribution in [2.75, 3.05) is 13.2 Å². The largest absolute Gasteiger partial charge is 0.490 e. The van der Waals surface area contributed by atoms with Gasteiger partial charge in [-0.05, 0) is 23.3 Å². The second-order valence-corrected chi connectivity index (χ2v) is 4.42. The zero-order valence-corrected chi connectivity index (χ0v) is 10.5. The molecule has 0 N–H and O–H groups in total. The first kappa shape index (κ1) is 11.8. The molecule has 0 spiro atoms. The van der Waals surface area contributed by atoms with Crippen molar-refractivity contribution in [1.29, 1.82) is 0 Å². The minimum absolute atomic E-state index is 0.659. The first-order valence-electron chi connectivity index (χ1n) is 6.33. The van der Waals surface area contributed by atoms with Crippen molar-refractivity contribution in [3.63, 3.8) is 0 Å².